The summed E-state index contributed by atoms with van der Waals surface area (Å²) >= 11 is 0. The maximum absolute atomic E-state index is 5.50. The summed E-state index contributed by atoms with van der Waals surface area (Å²) in [4.78, 5) is 0. The molecular formula is C33H50O2. The minimum atomic E-state index is 0.751. The smallest absolute Gasteiger partial charge is 0.119 e. The zero-order valence-electron chi connectivity index (χ0n) is 22.9. The predicted molar refractivity (Wildman–Crippen MR) is 150 cm³/mol. The van der Waals surface area contributed by atoms with Crippen LogP contribution in [0.5, 0.6) is 11.5 Å². The van der Waals surface area contributed by atoms with Crippen molar-refractivity contribution in [3.8, 4) is 11.5 Å². The minimum Gasteiger partial charge on any atom is -0.497 e. The van der Waals surface area contributed by atoms with Crippen molar-refractivity contribution in [2.45, 2.75) is 110 Å². The number of methoxy groups -OCH3 is 1. The third kappa shape index (κ3) is 8.89. The summed E-state index contributed by atoms with van der Waals surface area (Å²) in [6, 6.07) is 17.4. The van der Waals surface area contributed by atoms with Gasteiger partial charge in [0.15, 0.2) is 0 Å². The second kappa shape index (κ2) is 15.2. The number of rotatable bonds is 9. The van der Waals surface area contributed by atoms with Crippen molar-refractivity contribution in [3.05, 3.63) is 59.7 Å². The molecule has 2 aliphatic carbocycles. The molecular weight excluding hydrogens is 428 g/mol. The third-order valence-electron chi connectivity index (χ3n) is 8.34. The Labute approximate surface area is 215 Å². The van der Waals surface area contributed by atoms with Crippen LogP contribution in [-0.4, -0.2) is 13.7 Å². The molecule has 2 heteroatoms. The highest BCUT2D eigenvalue weighted by molar-refractivity contribution is 5.30. The third-order valence-corrected chi connectivity index (χ3v) is 8.34. The van der Waals surface area contributed by atoms with Crippen molar-refractivity contribution in [2.24, 2.45) is 11.8 Å². The molecule has 0 amide bonds. The average molecular weight is 479 g/mol. The Morgan fingerprint density at radius 1 is 0.571 bits per heavy atom. The average Bonchev–Trinajstić information content (AvgIpc) is 2.91. The van der Waals surface area contributed by atoms with Crippen LogP contribution in [0.25, 0.3) is 0 Å². The van der Waals surface area contributed by atoms with Crippen LogP contribution in [0.1, 0.15) is 121 Å². The maximum atomic E-state index is 5.50. The fraction of sp³-hybridized carbons (Fsp3) is 0.636. The van der Waals surface area contributed by atoms with Crippen LogP contribution >= 0.6 is 0 Å². The summed E-state index contributed by atoms with van der Waals surface area (Å²) in [5, 5.41) is 0. The fourth-order valence-corrected chi connectivity index (χ4v) is 6.26. The van der Waals surface area contributed by atoms with Crippen molar-refractivity contribution in [2.75, 3.05) is 13.7 Å². The molecule has 0 heterocycles. The molecule has 0 bridgehead atoms. The van der Waals surface area contributed by atoms with Crippen molar-refractivity contribution < 1.29 is 9.47 Å². The fourth-order valence-electron chi connectivity index (χ4n) is 6.26. The molecule has 0 aromatic heterocycles. The Kier molecular flexibility index (Phi) is 12.0. The topological polar surface area (TPSA) is 18.5 Å². The van der Waals surface area contributed by atoms with E-state index in [9.17, 15) is 0 Å². The van der Waals surface area contributed by atoms with Gasteiger partial charge >= 0.3 is 0 Å². The molecule has 2 aliphatic rings. The lowest BCUT2D eigenvalue weighted by atomic mass is 9.77. The maximum Gasteiger partial charge on any atom is 0.119 e. The highest BCUT2D eigenvalue weighted by Gasteiger charge is 2.22. The largest absolute Gasteiger partial charge is 0.497 e. The van der Waals surface area contributed by atoms with Gasteiger partial charge < -0.3 is 9.47 Å². The van der Waals surface area contributed by atoms with Gasteiger partial charge in [-0.05, 0) is 117 Å². The van der Waals surface area contributed by atoms with Crippen molar-refractivity contribution in [1.82, 2.24) is 0 Å². The van der Waals surface area contributed by atoms with E-state index in [4.69, 9.17) is 9.47 Å². The van der Waals surface area contributed by atoms with Crippen molar-refractivity contribution in [1.29, 1.82) is 0 Å². The summed E-state index contributed by atoms with van der Waals surface area (Å²) in [7, 11) is 1.73. The first-order chi connectivity index (χ1) is 17.2. The van der Waals surface area contributed by atoms with Gasteiger partial charge in [0.25, 0.3) is 0 Å². The lowest BCUT2D eigenvalue weighted by Crippen LogP contribution is -2.13. The normalized spacial score (nSPS) is 24.2. The molecule has 2 aromatic rings. The summed E-state index contributed by atoms with van der Waals surface area (Å²) in [5.74, 6) is 5.53. The van der Waals surface area contributed by atoms with Crippen LogP contribution in [-0.2, 0) is 0 Å². The number of ether oxygens (including phenoxy) is 2. The molecule has 0 atom stereocenters. The predicted octanol–water partition coefficient (Wildman–Crippen LogP) is 9.93. The van der Waals surface area contributed by atoms with Gasteiger partial charge in [0.1, 0.15) is 11.5 Å². The highest BCUT2D eigenvalue weighted by Crippen LogP contribution is 2.39. The first kappa shape index (κ1) is 27.6. The van der Waals surface area contributed by atoms with E-state index in [2.05, 4.69) is 62.4 Å². The van der Waals surface area contributed by atoms with Gasteiger partial charge in [-0.2, -0.15) is 0 Å². The second-order valence-electron chi connectivity index (χ2n) is 10.8. The highest BCUT2D eigenvalue weighted by atomic mass is 16.5. The van der Waals surface area contributed by atoms with Gasteiger partial charge in [-0.25, -0.2) is 0 Å². The van der Waals surface area contributed by atoms with Gasteiger partial charge in [-0.15, -0.1) is 0 Å². The van der Waals surface area contributed by atoms with E-state index < -0.39 is 0 Å². The Morgan fingerprint density at radius 3 is 1.31 bits per heavy atom. The van der Waals surface area contributed by atoms with E-state index in [0.29, 0.717) is 0 Å². The molecule has 4 rings (SSSR count). The molecule has 35 heavy (non-hydrogen) atoms. The Bertz CT molecular complexity index is 794. The lowest BCUT2D eigenvalue weighted by Gasteiger charge is -2.28. The van der Waals surface area contributed by atoms with Crippen LogP contribution in [0.2, 0.25) is 0 Å². The van der Waals surface area contributed by atoms with E-state index in [1.165, 1.54) is 88.2 Å². The molecule has 194 valence electrons. The van der Waals surface area contributed by atoms with Crippen molar-refractivity contribution >= 4 is 0 Å². The van der Waals surface area contributed by atoms with Crippen LogP contribution in [0.4, 0.5) is 0 Å². The first-order valence-electron chi connectivity index (χ1n) is 14.5. The minimum absolute atomic E-state index is 0.751. The summed E-state index contributed by atoms with van der Waals surface area (Å²) in [6.45, 7) is 7.39. The molecule has 0 N–H and O–H groups in total. The SMILES string of the molecule is CCCC1CCC(c2ccc(OC)cc2)CC1.CCC[C@H]1CC[C@H](c2ccc(OCC)cc2)CC1. The summed E-state index contributed by atoms with van der Waals surface area (Å²) in [5.41, 5.74) is 3.01. The molecule has 2 fully saturated rings. The monoisotopic (exact) mass is 478 g/mol. The Balaban J connectivity index is 0.000000196. The van der Waals surface area contributed by atoms with E-state index >= 15 is 0 Å². The van der Waals surface area contributed by atoms with E-state index in [1.807, 2.05) is 6.92 Å². The summed E-state index contributed by atoms with van der Waals surface area (Å²) in [6.07, 6.45) is 16.7. The van der Waals surface area contributed by atoms with Crippen LogP contribution in [0, 0.1) is 11.8 Å². The molecule has 0 spiro atoms. The van der Waals surface area contributed by atoms with Gasteiger partial charge in [-0.3, -0.25) is 0 Å². The molecule has 2 aromatic carbocycles. The molecule has 0 aliphatic heterocycles. The molecule has 2 saturated carbocycles. The second-order valence-corrected chi connectivity index (χ2v) is 10.8. The van der Waals surface area contributed by atoms with E-state index in [-0.39, 0.29) is 0 Å². The van der Waals surface area contributed by atoms with E-state index in [0.717, 1.165) is 41.8 Å². The van der Waals surface area contributed by atoms with Gasteiger partial charge in [-0.1, -0.05) is 63.8 Å². The first-order valence-corrected chi connectivity index (χ1v) is 14.5. The van der Waals surface area contributed by atoms with Gasteiger partial charge in [0.05, 0.1) is 13.7 Å². The Morgan fingerprint density at radius 2 is 0.971 bits per heavy atom. The van der Waals surface area contributed by atoms with Gasteiger partial charge in [0, 0.05) is 0 Å². The number of hydrogen-bond donors (Lipinski definition) is 0. The molecule has 0 unspecified atom stereocenters. The van der Waals surface area contributed by atoms with Gasteiger partial charge in [0.2, 0.25) is 0 Å². The number of hydrogen-bond acceptors (Lipinski definition) is 2. The standard InChI is InChI=1S/C17H26O.C16H24O/c1-3-5-14-6-8-15(9-7-14)16-10-12-17(13-11-16)18-4-2;1-3-4-13-5-7-14(8-6-13)15-9-11-16(17-2)12-10-15/h10-15H,3-9H2,1-2H3;9-14H,3-8H2,1-2H3/t14-,15-;. The zero-order valence-corrected chi connectivity index (χ0v) is 22.9. The van der Waals surface area contributed by atoms with Crippen molar-refractivity contribution in [3.63, 3.8) is 0 Å². The lowest BCUT2D eigenvalue weighted by molar-refractivity contribution is 0.308. The van der Waals surface area contributed by atoms with Crippen LogP contribution in [0.15, 0.2) is 48.5 Å². The van der Waals surface area contributed by atoms with Crippen LogP contribution < -0.4 is 9.47 Å². The van der Waals surface area contributed by atoms with Crippen LogP contribution in [0.3, 0.4) is 0 Å². The number of benzene rings is 2. The Hall–Kier alpha value is -1.96. The zero-order chi connectivity index (χ0) is 24.9. The quantitative estimate of drug-likeness (QED) is 0.357. The molecule has 0 radical (unpaired) electrons. The summed E-state index contributed by atoms with van der Waals surface area (Å²) < 4.78 is 10.7. The molecule has 2 nitrogen and oxygen atoms in total. The van der Waals surface area contributed by atoms with E-state index in [1.54, 1.807) is 7.11 Å². The molecule has 0 saturated heterocycles.